The molecule has 3 rings (SSSR count). The zero-order valence-corrected chi connectivity index (χ0v) is 26.2. The fraction of sp³-hybridized carbons (Fsp3) is 0.375. The Morgan fingerprint density at radius 2 is 1.43 bits per heavy atom. The number of hydrogen-bond acceptors (Lipinski definition) is 6. The molecule has 2 amide bonds. The van der Waals surface area contributed by atoms with Crippen molar-refractivity contribution in [3.05, 3.63) is 83.4 Å². The highest BCUT2D eigenvalue weighted by molar-refractivity contribution is 7.92. The van der Waals surface area contributed by atoms with E-state index in [-0.39, 0.29) is 29.1 Å². The molecular weight excluding hydrogens is 554 g/mol. The van der Waals surface area contributed by atoms with E-state index in [2.05, 4.69) is 5.32 Å². The van der Waals surface area contributed by atoms with Crippen LogP contribution in [-0.2, 0) is 26.2 Å². The molecule has 0 aliphatic heterocycles. The van der Waals surface area contributed by atoms with Crippen molar-refractivity contribution < 1.29 is 27.5 Å². The van der Waals surface area contributed by atoms with Crippen LogP contribution in [0.3, 0.4) is 0 Å². The van der Waals surface area contributed by atoms with E-state index in [1.807, 2.05) is 52.0 Å². The van der Waals surface area contributed by atoms with Crippen molar-refractivity contribution in [3.8, 4) is 11.5 Å². The summed E-state index contributed by atoms with van der Waals surface area (Å²) in [6.07, 6.45) is 0.731. The molecule has 0 fully saturated rings. The maximum Gasteiger partial charge on any atom is 0.264 e. The third-order valence-electron chi connectivity index (χ3n) is 7.19. The highest BCUT2D eigenvalue weighted by Crippen LogP contribution is 2.32. The average molecular weight is 596 g/mol. The zero-order chi connectivity index (χ0) is 31.0. The molecule has 3 aromatic carbocycles. The summed E-state index contributed by atoms with van der Waals surface area (Å²) in [5, 5.41) is 2.94. The van der Waals surface area contributed by atoms with Crippen LogP contribution in [0.4, 0.5) is 5.69 Å². The average Bonchev–Trinajstić information content (AvgIpc) is 2.98. The normalized spacial score (nSPS) is 12.6. The fourth-order valence-corrected chi connectivity index (χ4v) is 5.71. The number of benzene rings is 3. The summed E-state index contributed by atoms with van der Waals surface area (Å²) in [6, 6.07) is 17.9. The number of carbonyl (C=O) groups is 2. The molecule has 0 radical (unpaired) electrons. The molecule has 0 aliphatic carbocycles. The summed E-state index contributed by atoms with van der Waals surface area (Å²) in [6.45, 7) is 8.98. The molecule has 0 aromatic heterocycles. The molecule has 0 heterocycles. The van der Waals surface area contributed by atoms with Gasteiger partial charge in [-0.15, -0.1) is 0 Å². The van der Waals surface area contributed by atoms with E-state index < -0.39 is 28.5 Å². The van der Waals surface area contributed by atoms with Crippen molar-refractivity contribution >= 4 is 27.5 Å². The molecule has 1 N–H and O–H groups in total. The van der Waals surface area contributed by atoms with Gasteiger partial charge in [0.25, 0.3) is 10.0 Å². The summed E-state index contributed by atoms with van der Waals surface area (Å²) in [5.41, 5.74) is 3.13. The monoisotopic (exact) mass is 595 g/mol. The Kier molecular flexibility index (Phi) is 11.0. The van der Waals surface area contributed by atoms with Gasteiger partial charge >= 0.3 is 0 Å². The fourth-order valence-electron chi connectivity index (χ4n) is 4.28. The van der Waals surface area contributed by atoms with Gasteiger partial charge in [0, 0.05) is 18.7 Å². The van der Waals surface area contributed by atoms with Crippen molar-refractivity contribution in [2.45, 2.75) is 64.6 Å². The number of sulfonamides is 1. The van der Waals surface area contributed by atoms with Crippen LogP contribution in [-0.4, -0.2) is 58.0 Å². The van der Waals surface area contributed by atoms with Crippen molar-refractivity contribution in [3.63, 3.8) is 0 Å². The number of ether oxygens (including phenoxy) is 2. The molecule has 3 aromatic rings. The Morgan fingerprint density at radius 1 is 0.857 bits per heavy atom. The van der Waals surface area contributed by atoms with Crippen molar-refractivity contribution in [1.29, 1.82) is 0 Å². The summed E-state index contributed by atoms with van der Waals surface area (Å²) >= 11 is 0. The number of rotatable bonds is 13. The smallest absolute Gasteiger partial charge is 0.264 e. The van der Waals surface area contributed by atoms with Gasteiger partial charge in [-0.3, -0.25) is 13.9 Å². The van der Waals surface area contributed by atoms with Gasteiger partial charge in [-0.1, -0.05) is 54.4 Å². The number of methoxy groups -OCH3 is 2. The van der Waals surface area contributed by atoms with Gasteiger partial charge in [0.2, 0.25) is 11.8 Å². The van der Waals surface area contributed by atoms with Crippen LogP contribution < -0.4 is 19.1 Å². The Labute approximate surface area is 249 Å². The molecule has 2 atom stereocenters. The predicted octanol–water partition coefficient (Wildman–Crippen LogP) is 4.85. The standard InChI is InChI=1S/C32H41N3O6S/c1-8-24(4)33-32(37)25(5)34(20-26-13-9-22(2)10-14-26)31(36)21-35(27-15-11-23(3)12-16-27)42(38,39)28-17-18-29(40-6)30(19-28)41-7/h9-19,24-25H,8,20-21H2,1-7H3,(H,33,37)/t24-,25-/m1/s1. The van der Waals surface area contributed by atoms with Crippen LogP contribution in [0.15, 0.2) is 71.6 Å². The minimum Gasteiger partial charge on any atom is -0.493 e. The largest absolute Gasteiger partial charge is 0.493 e. The van der Waals surface area contributed by atoms with Gasteiger partial charge in [-0.25, -0.2) is 8.42 Å². The molecule has 0 saturated carbocycles. The maximum absolute atomic E-state index is 14.1. The topological polar surface area (TPSA) is 105 Å². The first-order valence-corrected chi connectivity index (χ1v) is 15.3. The minimum atomic E-state index is -4.25. The number of amides is 2. The van der Waals surface area contributed by atoms with Crippen LogP contribution in [0, 0.1) is 13.8 Å². The third-order valence-corrected chi connectivity index (χ3v) is 8.96. The zero-order valence-electron chi connectivity index (χ0n) is 25.4. The van der Waals surface area contributed by atoms with E-state index in [0.29, 0.717) is 11.4 Å². The Morgan fingerprint density at radius 3 is 1.98 bits per heavy atom. The van der Waals surface area contributed by atoms with E-state index in [4.69, 9.17) is 9.47 Å². The number of aryl methyl sites for hydroxylation is 2. The molecule has 226 valence electrons. The number of anilines is 1. The van der Waals surface area contributed by atoms with E-state index in [0.717, 1.165) is 27.4 Å². The van der Waals surface area contributed by atoms with E-state index in [1.54, 1.807) is 31.2 Å². The second-order valence-corrected chi connectivity index (χ2v) is 12.2. The van der Waals surface area contributed by atoms with Gasteiger partial charge in [0.15, 0.2) is 11.5 Å². The highest BCUT2D eigenvalue weighted by atomic mass is 32.2. The van der Waals surface area contributed by atoms with Crippen molar-refractivity contribution in [2.75, 3.05) is 25.1 Å². The van der Waals surface area contributed by atoms with Gasteiger partial charge in [-0.2, -0.15) is 0 Å². The molecule has 0 bridgehead atoms. The van der Waals surface area contributed by atoms with Crippen molar-refractivity contribution in [1.82, 2.24) is 10.2 Å². The van der Waals surface area contributed by atoms with E-state index in [1.165, 1.54) is 37.3 Å². The van der Waals surface area contributed by atoms with Crippen LogP contribution in [0.25, 0.3) is 0 Å². The lowest BCUT2D eigenvalue weighted by molar-refractivity contribution is -0.139. The second kappa shape index (κ2) is 14.2. The minimum absolute atomic E-state index is 0.0684. The summed E-state index contributed by atoms with van der Waals surface area (Å²) in [4.78, 5) is 28.6. The molecule has 0 unspecified atom stereocenters. The SMILES string of the molecule is CC[C@@H](C)NC(=O)[C@@H](C)N(Cc1ccc(C)cc1)C(=O)CN(c1ccc(C)cc1)S(=O)(=O)c1ccc(OC)c(OC)c1. The predicted molar refractivity (Wildman–Crippen MR) is 164 cm³/mol. The summed E-state index contributed by atoms with van der Waals surface area (Å²) in [7, 11) is -1.37. The lowest BCUT2D eigenvalue weighted by atomic mass is 10.1. The maximum atomic E-state index is 14.1. The van der Waals surface area contributed by atoms with Crippen LogP contribution in [0.5, 0.6) is 11.5 Å². The third kappa shape index (κ3) is 7.82. The molecular formula is C32H41N3O6S. The lowest BCUT2D eigenvalue weighted by Gasteiger charge is -2.32. The van der Waals surface area contributed by atoms with Gasteiger partial charge in [-0.05, 0) is 63.9 Å². The number of nitrogens with zero attached hydrogens (tertiary/aromatic N) is 2. The van der Waals surface area contributed by atoms with Crippen molar-refractivity contribution in [2.24, 2.45) is 0 Å². The molecule has 10 heteroatoms. The van der Waals surface area contributed by atoms with Crippen LogP contribution >= 0.6 is 0 Å². The van der Waals surface area contributed by atoms with Gasteiger partial charge in [0.1, 0.15) is 12.6 Å². The second-order valence-electron chi connectivity index (χ2n) is 10.4. The quantitative estimate of drug-likeness (QED) is 0.303. The van der Waals surface area contributed by atoms with Gasteiger partial charge in [0.05, 0.1) is 24.8 Å². The van der Waals surface area contributed by atoms with Crippen LogP contribution in [0.1, 0.15) is 43.9 Å². The number of nitrogens with one attached hydrogen (secondary N) is 1. The molecule has 0 spiro atoms. The van der Waals surface area contributed by atoms with Crippen LogP contribution in [0.2, 0.25) is 0 Å². The Hall–Kier alpha value is -4.05. The van der Waals surface area contributed by atoms with Gasteiger partial charge < -0.3 is 19.7 Å². The molecule has 9 nitrogen and oxygen atoms in total. The van der Waals surface area contributed by atoms with E-state index in [9.17, 15) is 18.0 Å². The first-order valence-electron chi connectivity index (χ1n) is 13.9. The number of carbonyl (C=O) groups excluding carboxylic acids is 2. The Bertz CT molecular complexity index is 1470. The molecule has 0 saturated heterocycles. The summed E-state index contributed by atoms with van der Waals surface area (Å²) < 4.78 is 39.9. The first-order chi connectivity index (χ1) is 19.9. The first kappa shape index (κ1) is 32.5. The lowest BCUT2D eigenvalue weighted by Crippen LogP contribution is -2.52. The molecule has 0 aliphatic rings. The summed E-state index contributed by atoms with van der Waals surface area (Å²) in [5.74, 6) is -0.216. The highest BCUT2D eigenvalue weighted by Gasteiger charge is 2.33. The molecule has 42 heavy (non-hydrogen) atoms. The number of hydrogen-bond donors (Lipinski definition) is 1. The Balaban J connectivity index is 2.06. The van der Waals surface area contributed by atoms with E-state index >= 15 is 0 Å².